The van der Waals surface area contributed by atoms with Gasteiger partial charge in [-0.25, -0.2) is 4.98 Å². The minimum absolute atomic E-state index is 0.0601. The van der Waals surface area contributed by atoms with Crippen molar-refractivity contribution in [1.29, 1.82) is 0 Å². The van der Waals surface area contributed by atoms with Crippen molar-refractivity contribution in [2.45, 2.75) is 26.2 Å². The van der Waals surface area contributed by atoms with Crippen LogP contribution in [0.25, 0.3) is 0 Å². The van der Waals surface area contributed by atoms with E-state index in [0.717, 1.165) is 23.1 Å². The molecule has 0 saturated heterocycles. The molecule has 1 aromatic rings. The van der Waals surface area contributed by atoms with Gasteiger partial charge < -0.3 is 5.32 Å². The lowest BCUT2D eigenvalue weighted by atomic mass is 10.2. The molecule has 1 amide bonds. The van der Waals surface area contributed by atoms with Gasteiger partial charge in [-0.2, -0.15) is 0 Å². The zero-order valence-corrected chi connectivity index (χ0v) is 9.67. The van der Waals surface area contributed by atoms with Crippen molar-refractivity contribution in [2.24, 2.45) is 0 Å². The average molecular weight is 257 g/mol. The molecule has 0 atom stereocenters. The van der Waals surface area contributed by atoms with E-state index in [2.05, 4.69) is 33.2 Å². The highest BCUT2D eigenvalue weighted by molar-refractivity contribution is 9.10. The molecule has 3 nitrogen and oxygen atoms in total. The minimum Gasteiger partial charge on any atom is -0.326 e. The molecule has 0 aliphatic carbocycles. The Morgan fingerprint density at radius 3 is 3.07 bits per heavy atom. The normalized spacial score (nSPS) is 9.86. The molecular formula is C10H13BrN2O. The summed E-state index contributed by atoms with van der Waals surface area (Å²) in [6.45, 7) is 2.07. The minimum atomic E-state index is 0.0601. The molecule has 0 aromatic carbocycles. The predicted molar refractivity (Wildman–Crippen MR) is 60.1 cm³/mol. The number of aromatic nitrogens is 1. The maximum atomic E-state index is 11.3. The van der Waals surface area contributed by atoms with E-state index < -0.39 is 0 Å². The van der Waals surface area contributed by atoms with Crippen molar-refractivity contribution in [1.82, 2.24) is 4.98 Å². The highest BCUT2D eigenvalue weighted by Gasteiger charge is 2.01. The van der Waals surface area contributed by atoms with Gasteiger partial charge in [0.25, 0.3) is 0 Å². The first-order valence-corrected chi connectivity index (χ1v) is 5.43. The van der Waals surface area contributed by atoms with Crippen LogP contribution in [-0.4, -0.2) is 10.9 Å². The summed E-state index contributed by atoms with van der Waals surface area (Å²) in [5.74, 6) is 0.0601. The van der Waals surface area contributed by atoms with Gasteiger partial charge in [0.2, 0.25) is 5.91 Å². The number of hydrogen-bond donors (Lipinski definition) is 1. The van der Waals surface area contributed by atoms with Crippen LogP contribution in [0.5, 0.6) is 0 Å². The van der Waals surface area contributed by atoms with E-state index in [0.29, 0.717) is 6.42 Å². The number of unbranched alkanes of at least 4 members (excludes halogenated alkanes) is 1. The molecule has 0 saturated carbocycles. The zero-order chi connectivity index (χ0) is 10.4. The van der Waals surface area contributed by atoms with E-state index in [1.807, 2.05) is 0 Å². The van der Waals surface area contributed by atoms with Gasteiger partial charge in [0.15, 0.2) is 0 Å². The molecule has 0 unspecified atom stereocenters. The second-order valence-electron chi connectivity index (χ2n) is 3.02. The van der Waals surface area contributed by atoms with Crippen LogP contribution in [0, 0.1) is 0 Å². The zero-order valence-electron chi connectivity index (χ0n) is 8.09. The van der Waals surface area contributed by atoms with Crippen molar-refractivity contribution >= 4 is 27.5 Å². The first kappa shape index (κ1) is 11.2. The Morgan fingerprint density at radius 2 is 2.43 bits per heavy atom. The Balaban J connectivity index is 2.47. The van der Waals surface area contributed by atoms with Crippen LogP contribution in [0.2, 0.25) is 0 Å². The first-order chi connectivity index (χ1) is 6.72. The number of hydrogen-bond acceptors (Lipinski definition) is 2. The molecule has 1 rings (SSSR count). The number of nitrogens with zero attached hydrogens (tertiary/aromatic N) is 1. The third kappa shape index (κ3) is 3.87. The van der Waals surface area contributed by atoms with Gasteiger partial charge in [0, 0.05) is 18.3 Å². The predicted octanol–water partition coefficient (Wildman–Crippen LogP) is 2.97. The molecule has 14 heavy (non-hydrogen) atoms. The third-order valence-corrected chi connectivity index (χ3v) is 2.20. The lowest BCUT2D eigenvalue weighted by Crippen LogP contribution is -2.10. The lowest BCUT2D eigenvalue weighted by molar-refractivity contribution is -0.116. The summed E-state index contributed by atoms with van der Waals surface area (Å²) < 4.78 is 0.728. The summed E-state index contributed by atoms with van der Waals surface area (Å²) in [6.07, 6.45) is 4.20. The maximum absolute atomic E-state index is 11.3. The molecular weight excluding hydrogens is 244 g/mol. The summed E-state index contributed by atoms with van der Waals surface area (Å²) in [5, 5.41) is 2.81. The van der Waals surface area contributed by atoms with E-state index in [-0.39, 0.29) is 5.91 Å². The summed E-state index contributed by atoms with van der Waals surface area (Å²) in [6, 6.07) is 3.55. The molecule has 0 bridgehead atoms. The molecule has 0 fully saturated rings. The fraction of sp³-hybridized carbons (Fsp3) is 0.400. The number of rotatable bonds is 4. The highest BCUT2D eigenvalue weighted by atomic mass is 79.9. The SMILES string of the molecule is CCCCC(=O)Nc1ccnc(Br)c1. The van der Waals surface area contributed by atoms with Gasteiger partial charge >= 0.3 is 0 Å². The first-order valence-electron chi connectivity index (χ1n) is 4.63. The largest absolute Gasteiger partial charge is 0.326 e. The quantitative estimate of drug-likeness (QED) is 0.842. The maximum Gasteiger partial charge on any atom is 0.224 e. The van der Waals surface area contributed by atoms with Crippen molar-refractivity contribution in [3.63, 3.8) is 0 Å². The molecule has 4 heteroatoms. The number of pyridine rings is 1. The fourth-order valence-electron chi connectivity index (χ4n) is 1.04. The van der Waals surface area contributed by atoms with Crippen LogP contribution < -0.4 is 5.32 Å². The van der Waals surface area contributed by atoms with Crippen LogP contribution in [0.3, 0.4) is 0 Å². The van der Waals surface area contributed by atoms with Gasteiger partial charge in [-0.15, -0.1) is 0 Å². The third-order valence-electron chi connectivity index (χ3n) is 1.77. The number of carbonyl (C=O) groups is 1. The smallest absolute Gasteiger partial charge is 0.224 e. The second kappa shape index (κ2) is 5.75. The van der Waals surface area contributed by atoms with Crippen LogP contribution in [0.1, 0.15) is 26.2 Å². The van der Waals surface area contributed by atoms with Crippen LogP contribution in [-0.2, 0) is 4.79 Å². The topological polar surface area (TPSA) is 42.0 Å². The van der Waals surface area contributed by atoms with Gasteiger partial charge in [-0.3, -0.25) is 4.79 Å². The van der Waals surface area contributed by atoms with Crippen LogP contribution in [0.4, 0.5) is 5.69 Å². The number of anilines is 1. The van der Waals surface area contributed by atoms with Crippen molar-refractivity contribution < 1.29 is 4.79 Å². The monoisotopic (exact) mass is 256 g/mol. The van der Waals surface area contributed by atoms with Crippen molar-refractivity contribution in [3.05, 3.63) is 22.9 Å². The molecule has 1 heterocycles. The van der Waals surface area contributed by atoms with E-state index in [1.54, 1.807) is 18.3 Å². The Morgan fingerprint density at radius 1 is 1.64 bits per heavy atom. The molecule has 76 valence electrons. The Hall–Kier alpha value is -0.900. The average Bonchev–Trinajstić information content (AvgIpc) is 2.15. The fourth-order valence-corrected chi connectivity index (χ4v) is 1.41. The second-order valence-corrected chi connectivity index (χ2v) is 3.83. The number of carbonyl (C=O) groups excluding carboxylic acids is 1. The summed E-state index contributed by atoms with van der Waals surface area (Å²) >= 11 is 3.24. The Kier molecular flexibility index (Phi) is 4.59. The Bertz CT molecular complexity index is 315. The van der Waals surface area contributed by atoms with Crippen LogP contribution in [0.15, 0.2) is 22.9 Å². The van der Waals surface area contributed by atoms with E-state index in [9.17, 15) is 4.79 Å². The number of amides is 1. The summed E-state index contributed by atoms with van der Waals surface area (Å²) in [7, 11) is 0. The van der Waals surface area contributed by atoms with Gasteiger partial charge in [-0.05, 0) is 34.5 Å². The standard InChI is InChI=1S/C10H13BrN2O/c1-2-3-4-10(14)13-8-5-6-12-9(11)7-8/h5-7H,2-4H2,1H3,(H,12,13,14). The molecule has 1 aromatic heterocycles. The lowest BCUT2D eigenvalue weighted by Gasteiger charge is -2.03. The van der Waals surface area contributed by atoms with Gasteiger partial charge in [0.1, 0.15) is 4.60 Å². The van der Waals surface area contributed by atoms with Crippen LogP contribution >= 0.6 is 15.9 Å². The molecule has 0 aliphatic heterocycles. The van der Waals surface area contributed by atoms with E-state index in [1.165, 1.54) is 0 Å². The van der Waals surface area contributed by atoms with E-state index >= 15 is 0 Å². The molecule has 0 radical (unpaired) electrons. The molecule has 0 spiro atoms. The molecule has 1 N–H and O–H groups in total. The Labute approximate surface area is 92.1 Å². The molecule has 0 aliphatic rings. The summed E-state index contributed by atoms with van der Waals surface area (Å²) in [4.78, 5) is 15.3. The van der Waals surface area contributed by atoms with Gasteiger partial charge in [0.05, 0.1) is 0 Å². The highest BCUT2D eigenvalue weighted by Crippen LogP contribution is 2.13. The van der Waals surface area contributed by atoms with E-state index in [4.69, 9.17) is 0 Å². The van der Waals surface area contributed by atoms with Crippen molar-refractivity contribution in [2.75, 3.05) is 5.32 Å². The summed E-state index contributed by atoms with van der Waals surface area (Å²) in [5.41, 5.74) is 0.785. The van der Waals surface area contributed by atoms with Gasteiger partial charge in [-0.1, -0.05) is 13.3 Å². The van der Waals surface area contributed by atoms with Crippen molar-refractivity contribution in [3.8, 4) is 0 Å². The number of halogens is 1. The number of nitrogens with one attached hydrogen (secondary N) is 1.